The molecule has 2 aromatic carbocycles. The third kappa shape index (κ3) is 7.12. The molecule has 8 nitrogen and oxygen atoms in total. The third-order valence-corrected chi connectivity index (χ3v) is 5.41. The Balaban J connectivity index is 2.12. The van der Waals surface area contributed by atoms with E-state index in [1.54, 1.807) is 45.0 Å². The number of carbonyl (C=O) groups is 3. The fraction of sp³-hybridized carbons (Fsp3) is 0.286. The summed E-state index contributed by atoms with van der Waals surface area (Å²) in [6.07, 6.45) is -0.810. The molecule has 0 radical (unpaired) electrons. The number of ketones is 1. The molecule has 1 aromatic heterocycles. The lowest BCUT2D eigenvalue weighted by Crippen LogP contribution is -2.28. The molecule has 0 spiro atoms. The first-order chi connectivity index (χ1) is 17.9. The van der Waals surface area contributed by atoms with Crippen molar-refractivity contribution in [2.75, 3.05) is 19.5 Å². The first-order valence-electron chi connectivity index (χ1n) is 11.6. The number of halogens is 2. The van der Waals surface area contributed by atoms with Crippen molar-refractivity contribution in [1.82, 2.24) is 4.98 Å². The van der Waals surface area contributed by atoms with E-state index in [0.717, 1.165) is 12.1 Å². The van der Waals surface area contributed by atoms with Crippen LogP contribution in [0, 0.1) is 11.6 Å². The molecule has 1 heterocycles. The van der Waals surface area contributed by atoms with Crippen LogP contribution in [0.25, 0.3) is 0 Å². The lowest BCUT2D eigenvalue weighted by Gasteiger charge is -2.23. The zero-order valence-electron chi connectivity index (χ0n) is 21.6. The van der Waals surface area contributed by atoms with Crippen molar-refractivity contribution in [1.29, 1.82) is 0 Å². The van der Waals surface area contributed by atoms with Crippen molar-refractivity contribution in [2.24, 2.45) is 0 Å². The van der Waals surface area contributed by atoms with E-state index in [1.165, 1.54) is 32.4 Å². The summed E-state index contributed by atoms with van der Waals surface area (Å²) in [6.45, 7) is 5.11. The number of pyridine rings is 1. The number of anilines is 1. The van der Waals surface area contributed by atoms with Gasteiger partial charge >= 0.3 is 12.1 Å². The van der Waals surface area contributed by atoms with Crippen LogP contribution in [-0.4, -0.2) is 42.7 Å². The van der Waals surface area contributed by atoms with Gasteiger partial charge in [-0.1, -0.05) is 12.1 Å². The Labute approximate surface area is 218 Å². The Bertz CT molecular complexity index is 1350. The van der Waals surface area contributed by atoms with Crippen molar-refractivity contribution in [2.45, 2.75) is 38.7 Å². The molecule has 0 fully saturated rings. The van der Waals surface area contributed by atoms with E-state index in [1.807, 2.05) is 0 Å². The van der Waals surface area contributed by atoms with Crippen LogP contribution in [0.4, 0.5) is 19.3 Å². The maximum atomic E-state index is 14.0. The average Bonchev–Trinajstić information content (AvgIpc) is 2.87. The van der Waals surface area contributed by atoms with E-state index in [9.17, 15) is 23.2 Å². The zero-order chi connectivity index (χ0) is 28.0. The topological polar surface area (TPSA) is 104 Å². The predicted octanol–water partition coefficient (Wildman–Crippen LogP) is 5.71. The van der Waals surface area contributed by atoms with E-state index in [-0.39, 0.29) is 23.4 Å². The quantitative estimate of drug-likeness (QED) is 0.296. The second-order valence-electron chi connectivity index (χ2n) is 9.34. The summed E-state index contributed by atoms with van der Waals surface area (Å²) in [4.78, 5) is 42.6. The first kappa shape index (κ1) is 28.2. The minimum Gasteiger partial charge on any atom is -0.497 e. The molecule has 200 valence electrons. The fourth-order valence-corrected chi connectivity index (χ4v) is 3.70. The van der Waals surface area contributed by atoms with Gasteiger partial charge < -0.3 is 14.2 Å². The molecule has 0 bridgehead atoms. The number of rotatable bonds is 8. The van der Waals surface area contributed by atoms with Crippen LogP contribution in [0.5, 0.6) is 5.75 Å². The lowest BCUT2D eigenvalue weighted by molar-refractivity contribution is 0.0591. The number of aromatic nitrogens is 1. The summed E-state index contributed by atoms with van der Waals surface area (Å²) in [5.74, 6) is -4.14. The van der Waals surface area contributed by atoms with Gasteiger partial charge in [-0.25, -0.2) is 23.4 Å². The maximum Gasteiger partial charge on any atom is 0.412 e. The monoisotopic (exact) mass is 526 g/mol. The van der Waals surface area contributed by atoms with Crippen molar-refractivity contribution in [3.63, 3.8) is 0 Å². The van der Waals surface area contributed by atoms with Gasteiger partial charge in [0.25, 0.3) is 0 Å². The second-order valence-corrected chi connectivity index (χ2v) is 9.34. The fourth-order valence-electron chi connectivity index (χ4n) is 3.70. The zero-order valence-corrected chi connectivity index (χ0v) is 21.6. The highest BCUT2D eigenvalue weighted by molar-refractivity contribution is 6.02. The number of hydrogen-bond donors (Lipinski definition) is 1. The van der Waals surface area contributed by atoms with E-state index >= 15 is 0 Å². The van der Waals surface area contributed by atoms with Crippen molar-refractivity contribution in [3.05, 3.63) is 88.7 Å². The van der Waals surface area contributed by atoms with Gasteiger partial charge in [0, 0.05) is 23.7 Å². The Morgan fingerprint density at radius 1 is 0.974 bits per heavy atom. The molecule has 0 saturated carbocycles. The van der Waals surface area contributed by atoms with Gasteiger partial charge in [-0.15, -0.1) is 0 Å². The minimum absolute atomic E-state index is 0.0332. The Hall–Kier alpha value is -4.34. The number of methoxy groups -OCH3 is 2. The molecular weight excluding hydrogens is 498 g/mol. The van der Waals surface area contributed by atoms with Gasteiger partial charge in [0.05, 0.1) is 25.8 Å². The largest absolute Gasteiger partial charge is 0.497 e. The standard InChI is InChI=1S/C28H28F2N2O6/c1-28(2,3)38-27(35)32-24-15-18(36-4)10-11-19(24)20(25(33)16-9-12-21(29)22(30)13-16)14-17-7-6-8-23(31-17)26(34)37-5/h6-13,15,20H,14H2,1-5H3,(H,32,35). The lowest BCUT2D eigenvalue weighted by atomic mass is 9.85. The smallest absolute Gasteiger partial charge is 0.412 e. The summed E-state index contributed by atoms with van der Waals surface area (Å²) < 4.78 is 43.0. The molecule has 10 heteroatoms. The summed E-state index contributed by atoms with van der Waals surface area (Å²) in [6, 6.07) is 12.2. The SMILES string of the molecule is COC(=O)c1cccc(CC(C(=O)c2ccc(F)c(F)c2)c2ccc(OC)cc2NC(=O)OC(C)(C)C)n1. The van der Waals surface area contributed by atoms with Gasteiger partial charge in [-0.05, 0) is 62.7 Å². The average molecular weight is 527 g/mol. The number of hydrogen-bond acceptors (Lipinski definition) is 7. The molecule has 1 N–H and O–H groups in total. The number of benzene rings is 2. The van der Waals surface area contributed by atoms with Crippen LogP contribution < -0.4 is 10.1 Å². The van der Waals surface area contributed by atoms with Crippen LogP contribution in [0.15, 0.2) is 54.6 Å². The minimum atomic E-state index is -1.18. The number of esters is 1. The Morgan fingerprint density at radius 2 is 1.71 bits per heavy atom. The molecule has 1 amide bonds. The van der Waals surface area contributed by atoms with Gasteiger partial charge in [-0.2, -0.15) is 0 Å². The number of nitrogens with one attached hydrogen (secondary N) is 1. The van der Waals surface area contributed by atoms with Gasteiger partial charge in [0.1, 0.15) is 17.0 Å². The summed E-state index contributed by atoms with van der Waals surface area (Å²) in [5, 5.41) is 2.65. The Kier molecular flexibility index (Phi) is 8.77. The molecule has 3 rings (SSSR count). The number of Topliss-reactive ketones (excluding diaryl/α,β-unsaturated/α-hetero) is 1. The van der Waals surface area contributed by atoms with Crippen LogP contribution in [-0.2, 0) is 15.9 Å². The molecule has 0 aliphatic carbocycles. The Morgan fingerprint density at radius 3 is 2.34 bits per heavy atom. The highest BCUT2D eigenvalue weighted by atomic mass is 19.2. The van der Waals surface area contributed by atoms with Crippen LogP contribution >= 0.6 is 0 Å². The summed E-state index contributed by atoms with van der Waals surface area (Å²) in [7, 11) is 2.66. The van der Waals surface area contributed by atoms with Crippen molar-refractivity contribution in [3.8, 4) is 5.75 Å². The molecule has 0 aliphatic heterocycles. The maximum absolute atomic E-state index is 14.0. The molecular formula is C28H28F2N2O6. The van der Waals surface area contributed by atoms with E-state index < -0.39 is 41.0 Å². The van der Waals surface area contributed by atoms with Gasteiger partial charge in [-0.3, -0.25) is 10.1 Å². The summed E-state index contributed by atoms with van der Waals surface area (Å²) >= 11 is 0. The van der Waals surface area contributed by atoms with E-state index in [0.29, 0.717) is 17.0 Å². The van der Waals surface area contributed by atoms with E-state index in [4.69, 9.17) is 14.2 Å². The van der Waals surface area contributed by atoms with Crippen molar-refractivity contribution < 1.29 is 37.4 Å². The van der Waals surface area contributed by atoms with E-state index in [2.05, 4.69) is 10.3 Å². The molecule has 38 heavy (non-hydrogen) atoms. The normalized spacial score (nSPS) is 11.9. The number of nitrogens with zero attached hydrogens (tertiary/aromatic N) is 1. The highest BCUT2D eigenvalue weighted by Crippen LogP contribution is 2.34. The van der Waals surface area contributed by atoms with Crippen molar-refractivity contribution >= 4 is 23.5 Å². The number of amides is 1. The molecule has 0 saturated heterocycles. The highest BCUT2D eigenvalue weighted by Gasteiger charge is 2.28. The van der Waals surface area contributed by atoms with Gasteiger partial charge in [0.2, 0.25) is 0 Å². The molecule has 0 aliphatic rings. The van der Waals surface area contributed by atoms with Crippen LogP contribution in [0.3, 0.4) is 0 Å². The number of carbonyl (C=O) groups excluding carboxylic acids is 3. The molecule has 3 aromatic rings. The molecule has 1 atom stereocenters. The van der Waals surface area contributed by atoms with Crippen LogP contribution in [0.1, 0.15) is 58.8 Å². The summed E-state index contributed by atoms with van der Waals surface area (Å²) in [5.41, 5.74) is 0.0680. The third-order valence-electron chi connectivity index (χ3n) is 5.41. The van der Waals surface area contributed by atoms with Gasteiger partial charge in [0.15, 0.2) is 17.4 Å². The van der Waals surface area contributed by atoms with Crippen LogP contribution in [0.2, 0.25) is 0 Å². The number of ether oxygens (including phenoxy) is 3. The first-order valence-corrected chi connectivity index (χ1v) is 11.6. The molecule has 1 unspecified atom stereocenters. The predicted molar refractivity (Wildman–Crippen MR) is 136 cm³/mol. The second kappa shape index (κ2) is 11.8.